The number of β-amino-alcohol motifs (C(OH)–C–C–N with tert-alkyl or cyclic N) is 1. The second kappa shape index (κ2) is 9.52. The molecule has 1 aromatic heterocycles. The molecule has 8 heteroatoms. The molecule has 0 radical (unpaired) electrons. The van der Waals surface area contributed by atoms with E-state index in [2.05, 4.69) is 49.7 Å². The number of rotatable bonds is 8. The lowest BCUT2D eigenvalue weighted by Gasteiger charge is -2.32. The Hall–Kier alpha value is -2.55. The number of fused-ring (bicyclic) bond motifs is 1. The molecule has 0 aliphatic carbocycles. The molecule has 2 aromatic rings. The molecule has 3 N–H and O–H groups in total. The first-order valence-corrected chi connectivity index (χ1v) is 11.7. The van der Waals surface area contributed by atoms with Crippen molar-refractivity contribution in [1.29, 1.82) is 0 Å². The van der Waals surface area contributed by atoms with Gasteiger partial charge in [0.1, 0.15) is 5.69 Å². The van der Waals surface area contributed by atoms with Crippen molar-refractivity contribution in [3.05, 3.63) is 52.8 Å². The van der Waals surface area contributed by atoms with Crippen LogP contribution in [0.25, 0.3) is 0 Å². The number of carbonyl (C=O) groups is 1. The van der Waals surface area contributed by atoms with Crippen molar-refractivity contribution < 1.29 is 9.90 Å². The predicted octanol–water partition coefficient (Wildman–Crippen LogP) is 0.598. The topological polar surface area (TPSA) is 93.6 Å². The van der Waals surface area contributed by atoms with Crippen molar-refractivity contribution in [2.24, 2.45) is 5.92 Å². The van der Waals surface area contributed by atoms with E-state index in [4.69, 9.17) is 4.98 Å². The number of hydrogen-bond donors (Lipinski definition) is 3. The van der Waals surface area contributed by atoms with E-state index in [1.165, 1.54) is 11.1 Å². The van der Waals surface area contributed by atoms with E-state index >= 15 is 0 Å². The third-order valence-electron chi connectivity index (χ3n) is 6.68. The van der Waals surface area contributed by atoms with Gasteiger partial charge in [0.25, 0.3) is 5.91 Å². The van der Waals surface area contributed by atoms with E-state index in [0.717, 1.165) is 64.2 Å². The second-order valence-corrected chi connectivity index (χ2v) is 9.23. The maximum absolute atomic E-state index is 12.9. The Morgan fingerprint density at radius 3 is 2.72 bits per heavy atom. The van der Waals surface area contributed by atoms with Gasteiger partial charge in [0.15, 0.2) is 0 Å². The van der Waals surface area contributed by atoms with Crippen LogP contribution in [0.3, 0.4) is 0 Å². The highest BCUT2D eigenvalue weighted by Crippen LogP contribution is 2.20. The lowest BCUT2D eigenvalue weighted by molar-refractivity contribution is 0.0838. The largest absolute Gasteiger partial charge is 0.390 e. The van der Waals surface area contributed by atoms with Crippen LogP contribution in [0, 0.1) is 5.92 Å². The molecule has 2 saturated heterocycles. The van der Waals surface area contributed by atoms with Crippen LogP contribution >= 0.6 is 0 Å². The minimum absolute atomic E-state index is 0.210. The maximum Gasteiger partial charge on any atom is 0.270 e. The number of carbonyl (C=O) groups excluding carboxylic acids is 1. The predicted molar refractivity (Wildman–Crippen MR) is 123 cm³/mol. The van der Waals surface area contributed by atoms with Crippen molar-refractivity contribution in [3.63, 3.8) is 0 Å². The van der Waals surface area contributed by atoms with Crippen LogP contribution in [0.4, 0.5) is 5.95 Å². The minimum Gasteiger partial charge on any atom is -0.390 e. The number of hydrogen-bond acceptors (Lipinski definition) is 7. The Bertz CT molecular complexity index is 959. The normalized spacial score (nSPS) is 19.6. The number of aromatic nitrogens is 2. The van der Waals surface area contributed by atoms with Gasteiger partial charge in [0.05, 0.1) is 6.10 Å². The summed E-state index contributed by atoms with van der Waals surface area (Å²) in [5.41, 5.74) is 4.03. The van der Waals surface area contributed by atoms with Gasteiger partial charge in [-0.1, -0.05) is 24.3 Å². The van der Waals surface area contributed by atoms with Crippen LogP contribution in [-0.2, 0) is 19.4 Å². The molecule has 4 heterocycles. The number of benzene rings is 1. The molecule has 3 aliphatic rings. The van der Waals surface area contributed by atoms with Gasteiger partial charge >= 0.3 is 0 Å². The Balaban J connectivity index is 1.17. The molecule has 8 nitrogen and oxygen atoms in total. The fraction of sp³-hybridized carbons (Fsp3) is 0.542. The Kier molecular flexibility index (Phi) is 6.34. The van der Waals surface area contributed by atoms with E-state index in [0.29, 0.717) is 24.1 Å². The third kappa shape index (κ3) is 4.92. The monoisotopic (exact) mass is 436 g/mol. The fourth-order valence-corrected chi connectivity index (χ4v) is 4.52. The van der Waals surface area contributed by atoms with Crippen LogP contribution < -0.4 is 15.5 Å². The van der Waals surface area contributed by atoms with E-state index in [9.17, 15) is 9.90 Å². The van der Waals surface area contributed by atoms with Crippen molar-refractivity contribution in [3.8, 4) is 0 Å². The van der Waals surface area contributed by atoms with Gasteiger partial charge in [-0.25, -0.2) is 9.97 Å². The van der Waals surface area contributed by atoms with Gasteiger partial charge in [0.2, 0.25) is 5.95 Å². The smallest absolute Gasteiger partial charge is 0.270 e. The molecule has 170 valence electrons. The Morgan fingerprint density at radius 1 is 1.19 bits per heavy atom. The molecule has 0 unspecified atom stereocenters. The summed E-state index contributed by atoms with van der Waals surface area (Å²) in [5.74, 6) is 0.977. The number of nitrogens with zero attached hydrogens (tertiary/aromatic N) is 4. The summed E-state index contributed by atoms with van der Waals surface area (Å²) in [4.78, 5) is 26.4. The summed E-state index contributed by atoms with van der Waals surface area (Å²) >= 11 is 0. The SMILES string of the molecule is O=C(NC[C@H](O)CN1CCc2ccccc2C1)c1cc(CC2CNC2)nc(N2CCC2)n1. The zero-order valence-electron chi connectivity index (χ0n) is 18.5. The average Bonchev–Trinajstić information content (AvgIpc) is 2.73. The molecule has 1 amide bonds. The molecule has 0 bridgehead atoms. The Morgan fingerprint density at radius 2 is 2.00 bits per heavy atom. The number of anilines is 1. The lowest BCUT2D eigenvalue weighted by Crippen LogP contribution is -2.44. The molecule has 3 aliphatic heterocycles. The van der Waals surface area contributed by atoms with Crippen molar-refractivity contribution >= 4 is 11.9 Å². The first-order chi connectivity index (χ1) is 15.6. The molecule has 0 saturated carbocycles. The van der Waals surface area contributed by atoms with Crippen LogP contribution in [0.15, 0.2) is 30.3 Å². The average molecular weight is 437 g/mol. The molecule has 0 spiro atoms. The van der Waals surface area contributed by atoms with Gasteiger partial charge in [-0.05, 0) is 55.5 Å². The highest BCUT2D eigenvalue weighted by molar-refractivity contribution is 5.92. The number of amides is 1. The summed E-state index contributed by atoms with van der Waals surface area (Å²) in [6, 6.07) is 10.3. The zero-order chi connectivity index (χ0) is 21.9. The fourth-order valence-electron chi connectivity index (χ4n) is 4.52. The van der Waals surface area contributed by atoms with Gasteiger partial charge in [-0.15, -0.1) is 0 Å². The number of nitrogens with one attached hydrogen (secondary N) is 2. The standard InChI is InChI=1S/C24H32N6O2/c31-21(16-29-9-6-18-4-1-2-5-19(18)15-29)14-26-23(32)22-11-20(10-17-12-25-13-17)27-24(28-22)30-7-3-8-30/h1-2,4-5,11,17,21,25,31H,3,6-10,12-16H2,(H,26,32)/t21-/m0/s1. The molecular formula is C24H32N6O2. The van der Waals surface area contributed by atoms with E-state index in [-0.39, 0.29) is 12.5 Å². The van der Waals surface area contributed by atoms with Crippen molar-refractivity contribution in [2.75, 3.05) is 50.7 Å². The first kappa shape index (κ1) is 21.3. The molecule has 2 fully saturated rings. The first-order valence-electron chi connectivity index (χ1n) is 11.7. The summed E-state index contributed by atoms with van der Waals surface area (Å²) in [6.07, 6.45) is 2.36. The van der Waals surface area contributed by atoms with E-state index in [1.807, 2.05) is 6.07 Å². The highest BCUT2D eigenvalue weighted by Gasteiger charge is 2.24. The van der Waals surface area contributed by atoms with E-state index < -0.39 is 6.10 Å². The third-order valence-corrected chi connectivity index (χ3v) is 6.68. The van der Waals surface area contributed by atoms with Crippen molar-refractivity contribution in [1.82, 2.24) is 25.5 Å². The summed E-state index contributed by atoms with van der Waals surface area (Å²) in [7, 11) is 0. The zero-order valence-corrected chi connectivity index (χ0v) is 18.5. The van der Waals surface area contributed by atoms with Crippen LogP contribution in [-0.4, -0.2) is 77.8 Å². The van der Waals surface area contributed by atoms with Crippen LogP contribution in [0.1, 0.15) is 33.7 Å². The summed E-state index contributed by atoms with van der Waals surface area (Å²) < 4.78 is 0. The van der Waals surface area contributed by atoms with Crippen LogP contribution in [0.2, 0.25) is 0 Å². The molecule has 1 aromatic carbocycles. The van der Waals surface area contributed by atoms with Gasteiger partial charge in [0, 0.05) is 45.0 Å². The molecule has 32 heavy (non-hydrogen) atoms. The van der Waals surface area contributed by atoms with Crippen molar-refractivity contribution in [2.45, 2.75) is 31.9 Å². The highest BCUT2D eigenvalue weighted by atomic mass is 16.3. The second-order valence-electron chi connectivity index (χ2n) is 9.23. The Labute approximate surface area is 189 Å². The number of aliphatic hydroxyl groups excluding tert-OH is 1. The van der Waals surface area contributed by atoms with Gasteiger partial charge in [-0.2, -0.15) is 0 Å². The minimum atomic E-state index is -0.624. The lowest BCUT2D eigenvalue weighted by atomic mass is 9.97. The van der Waals surface area contributed by atoms with Gasteiger partial charge < -0.3 is 20.6 Å². The van der Waals surface area contributed by atoms with Crippen LogP contribution in [0.5, 0.6) is 0 Å². The summed E-state index contributed by atoms with van der Waals surface area (Å²) in [5, 5.41) is 16.7. The van der Waals surface area contributed by atoms with E-state index in [1.54, 1.807) is 0 Å². The van der Waals surface area contributed by atoms with Gasteiger partial charge in [-0.3, -0.25) is 9.69 Å². The molecule has 5 rings (SSSR count). The maximum atomic E-state index is 12.9. The number of aliphatic hydroxyl groups is 1. The molecular weight excluding hydrogens is 404 g/mol. The summed E-state index contributed by atoms with van der Waals surface area (Å²) in [6.45, 7) is 6.38. The quantitative estimate of drug-likeness (QED) is 0.558. The molecule has 1 atom stereocenters.